The first-order valence-corrected chi connectivity index (χ1v) is 11.6. The Labute approximate surface area is 203 Å². The average Bonchev–Trinajstić information content (AvgIpc) is 2.84. The van der Waals surface area contributed by atoms with Gasteiger partial charge in [-0.1, -0.05) is 27.7 Å². The number of carbonyl (C=O) groups excluding carboxylic acids is 5. The number of esters is 4. The monoisotopic (exact) mass is 492 g/mol. The van der Waals surface area contributed by atoms with Crippen LogP contribution in [0.2, 0.25) is 0 Å². The summed E-state index contributed by atoms with van der Waals surface area (Å²) >= 11 is 0. The van der Waals surface area contributed by atoms with Gasteiger partial charge in [0, 0.05) is 12.6 Å². The summed E-state index contributed by atoms with van der Waals surface area (Å²) in [5.41, 5.74) is -0.223. The van der Waals surface area contributed by atoms with Gasteiger partial charge in [0.25, 0.3) is 5.91 Å². The molecule has 2 rings (SSSR count). The Morgan fingerprint density at radius 1 is 1.20 bits per heavy atom. The van der Waals surface area contributed by atoms with Crippen LogP contribution in [0.3, 0.4) is 0 Å². The van der Waals surface area contributed by atoms with Crippen LogP contribution in [0.5, 0.6) is 5.75 Å². The molecule has 35 heavy (non-hydrogen) atoms. The van der Waals surface area contributed by atoms with Crippen LogP contribution in [0, 0.1) is 11.8 Å². The average molecular weight is 493 g/mol. The van der Waals surface area contributed by atoms with Crippen LogP contribution in [0.15, 0.2) is 18.3 Å². The van der Waals surface area contributed by atoms with Gasteiger partial charge >= 0.3 is 23.9 Å². The van der Waals surface area contributed by atoms with Crippen molar-refractivity contribution in [3.8, 4) is 5.75 Å². The molecular weight excluding hydrogens is 460 g/mol. The van der Waals surface area contributed by atoms with Gasteiger partial charge in [-0.25, -0.2) is 9.78 Å². The molecule has 1 aliphatic rings. The minimum Gasteiger partial charge on any atom is -0.463 e. The lowest BCUT2D eigenvalue weighted by molar-refractivity contribution is -0.176. The third-order valence-electron chi connectivity index (χ3n) is 5.27. The maximum absolute atomic E-state index is 12.9. The highest BCUT2D eigenvalue weighted by Gasteiger charge is 2.41. The Balaban J connectivity index is 2.23. The summed E-state index contributed by atoms with van der Waals surface area (Å²) in [4.78, 5) is 66.5. The van der Waals surface area contributed by atoms with Crippen molar-refractivity contribution in [1.29, 1.82) is 0 Å². The zero-order chi connectivity index (χ0) is 26.1. The van der Waals surface area contributed by atoms with Crippen molar-refractivity contribution in [2.45, 2.75) is 72.1 Å². The quantitative estimate of drug-likeness (QED) is 0.422. The Hall–Kier alpha value is -3.50. The standard InChI is InChI=1S/C24H32N2O9/c1-6-9-18(27)34-17-10-8-11-25-19(17)21(28)26-16-12-32-23(30)15(7-2)20(14(5)33-24(16)31)35-22(29)13(3)4/h8,10-11,13-16,20H,6-7,9,12H2,1-5H3,(H,26,28)/t14-,15+,16-,20-/m0/s1. The van der Waals surface area contributed by atoms with Gasteiger partial charge in [-0.15, -0.1) is 0 Å². The Morgan fingerprint density at radius 3 is 2.54 bits per heavy atom. The van der Waals surface area contributed by atoms with Gasteiger partial charge in [0.1, 0.15) is 12.7 Å². The second kappa shape index (κ2) is 12.8. The van der Waals surface area contributed by atoms with Crippen LogP contribution in [0.1, 0.15) is 64.4 Å². The molecule has 0 saturated carbocycles. The largest absolute Gasteiger partial charge is 0.463 e. The molecule has 1 fully saturated rings. The molecule has 0 bridgehead atoms. The Kier molecular flexibility index (Phi) is 10.2. The summed E-state index contributed by atoms with van der Waals surface area (Å²) in [5.74, 6) is -4.88. The molecule has 0 aromatic carbocycles. The molecular formula is C24H32N2O9. The third kappa shape index (κ3) is 7.49. The lowest BCUT2D eigenvalue weighted by Crippen LogP contribution is -2.46. The highest BCUT2D eigenvalue weighted by atomic mass is 16.6. The first-order chi connectivity index (χ1) is 16.6. The number of nitrogens with zero attached hydrogens (tertiary/aromatic N) is 1. The van der Waals surface area contributed by atoms with Gasteiger partial charge in [-0.3, -0.25) is 19.2 Å². The number of nitrogens with one attached hydrogen (secondary N) is 1. The van der Waals surface area contributed by atoms with E-state index in [0.29, 0.717) is 6.42 Å². The van der Waals surface area contributed by atoms with Crippen LogP contribution in [-0.4, -0.2) is 59.6 Å². The number of aromatic nitrogens is 1. The topological polar surface area (TPSA) is 147 Å². The minimum atomic E-state index is -1.37. The van der Waals surface area contributed by atoms with Crippen molar-refractivity contribution in [3.63, 3.8) is 0 Å². The van der Waals surface area contributed by atoms with Crippen molar-refractivity contribution < 1.29 is 42.9 Å². The third-order valence-corrected chi connectivity index (χ3v) is 5.27. The Morgan fingerprint density at radius 2 is 1.91 bits per heavy atom. The fourth-order valence-electron chi connectivity index (χ4n) is 3.33. The molecule has 11 nitrogen and oxygen atoms in total. The fourth-order valence-corrected chi connectivity index (χ4v) is 3.33. The summed E-state index contributed by atoms with van der Waals surface area (Å²) in [6.07, 6.45) is 0.273. The van der Waals surface area contributed by atoms with E-state index >= 15 is 0 Å². The van der Waals surface area contributed by atoms with Crippen LogP contribution in [0.4, 0.5) is 0 Å². The van der Waals surface area contributed by atoms with Crippen molar-refractivity contribution in [1.82, 2.24) is 10.3 Å². The Bertz CT molecular complexity index is 947. The zero-order valence-corrected chi connectivity index (χ0v) is 20.6. The van der Waals surface area contributed by atoms with E-state index in [4.69, 9.17) is 18.9 Å². The molecule has 0 radical (unpaired) electrons. The smallest absolute Gasteiger partial charge is 0.332 e. The number of rotatable bonds is 8. The van der Waals surface area contributed by atoms with Gasteiger partial charge < -0.3 is 24.3 Å². The van der Waals surface area contributed by atoms with Gasteiger partial charge in [0.15, 0.2) is 23.6 Å². The number of carbonyl (C=O) groups is 5. The van der Waals surface area contributed by atoms with Gasteiger partial charge in [-0.2, -0.15) is 0 Å². The van der Waals surface area contributed by atoms with E-state index in [2.05, 4.69) is 10.3 Å². The number of cyclic esters (lactones) is 2. The van der Waals surface area contributed by atoms with Crippen LogP contribution < -0.4 is 10.1 Å². The summed E-state index contributed by atoms with van der Waals surface area (Å²) in [6, 6.07) is 1.53. The van der Waals surface area contributed by atoms with Crippen LogP contribution >= 0.6 is 0 Å². The van der Waals surface area contributed by atoms with Gasteiger partial charge in [0.05, 0.1) is 11.8 Å². The molecule has 4 atom stereocenters. The number of amides is 1. The summed E-state index contributed by atoms with van der Waals surface area (Å²) in [6.45, 7) is 7.81. The van der Waals surface area contributed by atoms with Crippen molar-refractivity contribution in [2.24, 2.45) is 11.8 Å². The molecule has 11 heteroatoms. The molecule has 192 valence electrons. The second-order valence-electron chi connectivity index (χ2n) is 8.44. The lowest BCUT2D eigenvalue weighted by atomic mass is 9.95. The second-order valence-corrected chi connectivity index (χ2v) is 8.44. The highest BCUT2D eigenvalue weighted by molar-refractivity contribution is 5.98. The van der Waals surface area contributed by atoms with Crippen LogP contribution in [0.25, 0.3) is 0 Å². The predicted octanol–water partition coefficient (Wildman–Crippen LogP) is 1.97. The minimum absolute atomic E-state index is 0.0723. The van der Waals surface area contributed by atoms with Crippen molar-refractivity contribution >= 4 is 29.8 Å². The van der Waals surface area contributed by atoms with Crippen molar-refractivity contribution in [2.75, 3.05) is 6.61 Å². The van der Waals surface area contributed by atoms with E-state index in [9.17, 15) is 24.0 Å². The van der Waals surface area contributed by atoms with E-state index in [0.717, 1.165) is 0 Å². The molecule has 1 N–H and O–H groups in total. The number of hydrogen-bond donors (Lipinski definition) is 1. The molecule has 1 aromatic heterocycles. The van der Waals surface area contributed by atoms with E-state index in [1.54, 1.807) is 27.7 Å². The molecule has 1 saturated heterocycles. The number of hydrogen-bond acceptors (Lipinski definition) is 10. The van der Waals surface area contributed by atoms with Gasteiger partial charge in [-0.05, 0) is 31.9 Å². The first kappa shape index (κ1) is 27.7. The summed E-state index contributed by atoms with van der Waals surface area (Å²) in [7, 11) is 0. The highest BCUT2D eigenvalue weighted by Crippen LogP contribution is 2.24. The van der Waals surface area contributed by atoms with E-state index in [1.165, 1.54) is 25.3 Å². The maximum Gasteiger partial charge on any atom is 0.332 e. The molecule has 1 aliphatic heterocycles. The zero-order valence-electron chi connectivity index (χ0n) is 20.6. The molecule has 1 aromatic rings. The number of pyridine rings is 1. The lowest BCUT2D eigenvalue weighted by Gasteiger charge is -2.29. The first-order valence-electron chi connectivity index (χ1n) is 11.6. The molecule has 1 amide bonds. The predicted molar refractivity (Wildman–Crippen MR) is 121 cm³/mol. The molecule has 2 heterocycles. The molecule has 0 spiro atoms. The molecule has 0 aliphatic carbocycles. The fraction of sp³-hybridized carbons (Fsp3) is 0.583. The van der Waals surface area contributed by atoms with Gasteiger partial charge in [0.2, 0.25) is 0 Å². The SMILES string of the molecule is CCCC(=O)Oc1cccnc1C(=O)N[C@H]1COC(=O)[C@H](CC)[C@@H](OC(=O)C(C)C)[C@H](C)OC1=O. The van der Waals surface area contributed by atoms with E-state index in [-0.39, 0.29) is 24.3 Å². The molecule has 0 unspecified atom stereocenters. The summed E-state index contributed by atoms with van der Waals surface area (Å²) < 4.78 is 21.4. The number of ether oxygens (including phenoxy) is 4. The van der Waals surface area contributed by atoms with E-state index < -0.39 is 66.5 Å². The maximum atomic E-state index is 12.9. The summed E-state index contributed by atoms with van der Waals surface area (Å²) in [5, 5.41) is 2.42. The normalized spacial score (nSPS) is 22.7. The van der Waals surface area contributed by atoms with Crippen molar-refractivity contribution in [3.05, 3.63) is 24.0 Å². The van der Waals surface area contributed by atoms with Crippen LogP contribution in [-0.2, 0) is 33.4 Å². The van der Waals surface area contributed by atoms with E-state index in [1.807, 2.05) is 0 Å².